The third-order valence-corrected chi connectivity index (χ3v) is 7.10. The lowest BCUT2D eigenvalue weighted by Gasteiger charge is -2.42. The number of hydrogen-bond acceptors (Lipinski definition) is 3. The van der Waals surface area contributed by atoms with Gasteiger partial charge in [0.1, 0.15) is 11.5 Å². The maximum Gasteiger partial charge on any atom is 0.137 e. The summed E-state index contributed by atoms with van der Waals surface area (Å²) in [6.07, 6.45) is 5.09. The Labute approximate surface area is 162 Å². The van der Waals surface area contributed by atoms with Crippen LogP contribution in [0.5, 0.6) is 5.75 Å². The molecular weight excluding hydrogens is 334 g/mol. The van der Waals surface area contributed by atoms with E-state index in [4.69, 9.17) is 4.74 Å². The summed E-state index contributed by atoms with van der Waals surface area (Å²) in [6.45, 7) is 4.19. The number of benzene rings is 2. The molecule has 4 unspecified atom stereocenters. The number of aryl methyl sites for hydroxylation is 1. The third kappa shape index (κ3) is 2.97. The Morgan fingerprint density at radius 2 is 2.00 bits per heavy atom. The average Bonchev–Trinajstić information content (AvgIpc) is 2.93. The van der Waals surface area contributed by atoms with Crippen molar-refractivity contribution in [3.63, 3.8) is 0 Å². The first-order valence-corrected chi connectivity index (χ1v) is 10.4. The van der Waals surface area contributed by atoms with Gasteiger partial charge < -0.3 is 4.74 Å². The van der Waals surface area contributed by atoms with Crippen molar-refractivity contribution in [2.45, 2.75) is 64.0 Å². The fourth-order valence-electron chi connectivity index (χ4n) is 5.66. The number of methoxy groups -OCH3 is 1. The molecule has 0 radical (unpaired) electrons. The van der Waals surface area contributed by atoms with E-state index in [1.54, 1.807) is 7.11 Å². The van der Waals surface area contributed by atoms with E-state index in [9.17, 15) is 4.79 Å². The lowest BCUT2D eigenvalue weighted by molar-refractivity contribution is -0.126. The number of ketones is 1. The number of carbonyl (C=O) groups is 1. The summed E-state index contributed by atoms with van der Waals surface area (Å²) in [6, 6.07) is 12.1. The number of ether oxygens (including phenoxy) is 1. The van der Waals surface area contributed by atoms with Crippen LogP contribution in [0.4, 0.5) is 0 Å². The number of hydrogen-bond donors (Lipinski definition) is 0. The number of Topliss-reactive ketones (excluding diaryl/α,β-unsaturated/α-hetero) is 1. The van der Waals surface area contributed by atoms with E-state index in [2.05, 4.69) is 49.2 Å². The molecule has 3 heteroatoms. The second kappa shape index (κ2) is 7.27. The van der Waals surface area contributed by atoms with Gasteiger partial charge in [-0.2, -0.15) is 0 Å². The van der Waals surface area contributed by atoms with Crippen molar-refractivity contribution in [2.75, 3.05) is 14.2 Å². The summed E-state index contributed by atoms with van der Waals surface area (Å²) in [5, 5.41) is 2.54. The average molecular weight is 366 g/mol. The molecule has 2 saturated heterocycles. The molecule has 0 saturated carbocycles. The third-order valence-electron chi connectivity index (χ3n) is 7.10. The number of carbonyl (C=O) groups excluding carboxylic acids is 1. The van der Waals surface area contributed by atoms with E-state index in [1.807, 2.05) is 6.92 Å². The number of nitrogens with zero attached hydrogens (tertiary/aromatic N) is 1. The van der Waals surface area contributed by atoms with Crippen LogP contribution in [-0.2, 0) is 11.2 Å². The van der Waals surface area contributed by atoms with E-state index in [0.29, 0.717) is 30.2 Å². The number of piperidine rings is 1. The zero-order valence-corrected chi connectivity index (χ0v) is 17.0. The Hall–Kier alpha value is -1.87. The molecule has 4 rings (SSSR count). The fraction of sp³-hybridized carbons (Fsp3) is 0.542. The minimum absolute atomic E-state index is 0.139. The predicted molar refractivity (Wildman–Crippen MR) is 111 cm³/mol. The molecule has 0 aromatic heterocycles. The van der Waals surface area contributed by atoms with Crippen molar-refractivity contribution < 1.29 is 9.53 Å². The van der Waals surface area contributed by atoms with E-state index < -0.39 is 0 Å². The topological polar surface area (TPSA) is 29.5 Å². The van der Waals surface area contributed by atoms with Gasteiger partial charge in [-0.3, -0.25) is 9.69 Å². The minimum atomic E-state index is 0.139. The first kappa shape index (κ1) is 18.5. The smallest absolute Gasteiger partial charge is 0.137 e. The van der Waals surface area contributed by atoms with Crippen LogP contribution in [-0.4, -0.2) is 36.9 Å². The van der Waals surface area contributed by atoms with Crippen LogP contribution in [0.15, 0.2) is 30.3 Å². The predicted octanol–water partition coefficient (Wildman–Crippen LogP) is 4.96. The molecule has 0 aliphatic carbocycles. The van der Waals surface area contributed by atoms with Gasteiger partial charge in [0.2, 0.25) is 0 Å². The first-order valence-electron chi connectivity index (χ1n) is 10.4. The second-order valence-electron chi connectivity index (χ2n) is 8.23. The van der Waals surface area contributed by atoms with Gasteiger partial charge in [-0.05, 0) is 61.1 Å². The number of fused-ring (bicyclic) bond motifs is 3. The highest BCUT2D eigenvalue weighted by atomic mass is 16.5. The molecular formula is C24H31NO2. The molecule has 2 aromatic rings. The van der Waals surface area contributed by atoms with Gasteiger partial charge in [-0.15, -0.1) is 0 Å². The van der Waals surface area contributed by atoms with Gasteiger partial charge in [0.25, 0.3) is 0 Å². The highest BCUT2D eigenvalue weighted by molar-refractivity contribution is 5.89. The Morgan fingerprint density at radius 3 is 2.70 bits per heavy atom. The van der Waals surface area contributed by atoms with Crippen molar-refractivity contribution in [2.24, 2.45) is 5.92 Å². The Morgan fingerprint density at radius 1 is 1.19 bits per heavy atom. The summed E-state index contributed by atoms with van der Waals surface area (Å²) in [7, 11) is 3.96. The standard InChI is InChI=1S/C24H31NO2/c1-5-18-19-10-7-16(13-15(19)8-12-23(18)27-4)20-14-17-9-11-21(25(17)3)24(20)22(26)6-2/h7-8,10,12-13,17,20-21,24H,5-6,9,11,14H2,1-4H3. The van der Waals surface area contributed by atoms with Gasteiger partial charge in [-0.1, -0.05) is 38.1 Å². The molecule has 2 aliphatic rings. The fourth-order valence-corrected chi connectivity index (χ4v) is 5.66. The first-order chi connectivity index (χ1) is 13.1. The minimum Gasteiger partial charge on any atom is -0.496 e. The summed E-state index contributed by atoms with van der Waals surface area (Å²) >= 11 is 0. The maximum absolute atomic E-state index is 12.9. The molecule has 27 heavy (non-hydrogen) atoms. The summed E-state index contributed by atoms with van der Waals surface area (Å²) < 4.78 is 5.55. The monoisotopic (exact) mass is 365 g/mol. The molecule has 0 amide bonds. The quantitative estimate of drug-likeness (QED) is 0.750. The van der Waals surface area contributed by atoms with Gasteiger partial charge in [0.15, 0.2) is 0 Å². The maximum atomic E-state index is 12.9. The number of rotatable bonds is 5. The Bertz CT molecular complexity index is 859. The lowest BCUT2D eigenvalue weighted by Crippen LogP contribution is -2.48. The van der Waals surface area contributed by atoms with Gasteiger partial charge in [0.05, 0.1) is 7.11 Å². The molecule has 2 aromatic carbocycles. The molecule has 144 valence electrons. The van der Waals surface area contributed by atoms with Crippen LogP contribution in [0, 0.1) is 5.92 Å². The van der Waals surface area contributed by atoms with Crippen molar-refractivity contribution in [3.05, 3.63) is 41.5 Å². The van der Waals surface area contributed by atoms with Crippen molar-refractivity contribution >= 4 is 16.6 Å². The van der Waals surface area contributed by atoms with Crippen LogP contribution in [0.3, 0.4) is 0 Å². The van der Waals surface area contributed by atoms with Crippen LogP contribution < -0.4 is 4.74 Å². The molecule has 0 N–H and O–H groups in total. The van der Waals surface area contributed by atoms with Gasteiger partial charge >= 0.3 is 0 Å². The van der Waals surface area contributed by atoms with Crippen molar-refractivity contribution in [1.82, 2.24) is 4.90 Å². The highest BCUT2D eigenvalue weighted by Gasteiger charge is 2.48. The van der Waals surface area contributed by atoms with Gasteiger partial charge in [0, 0.05) is 30.0 Å². The lowest BCUT2D eigenvalue weighted by atomic mass is 9.73. The SMILES string of the molecule is CCC(=O)C1C(c2ccc3c(CC)c(OC)ccc3c2)CC2CCC1N2C. The Balaban J connectivity index is 1.77. The Kier molecular flexibility index (Phi) is 4.98. The largest absolute Gasteiger partial charge is 0.496 e. The van der Waals surface area contributed by atoms with Crippen LogP contribution in [0.1, 0.15) is 56.6 Å². The van der Waals surface area contributed by atoms with E-state index in [0.717, 1.165) is 18.6 Å². The van der Waals surface area contributed by atoms with E-state index in [-0.39, 0.29) is 5.92 Å². The molecule has 2 fully saturated rings. The second-order valence-corrected chi connectivity index (χ2v) is 8.23. The zero-order chi connectivity index (χ0) is 19.1. The van der Waals surface area contributed by atoms with Crippen LogP contribution in [0.25, 0.3) is 10.8 Å². The molecule has 4 atom stereocenters. The summed E-state index contributed by atoms with van der Waals surface area (Å²) in [4.78, 5) is 15.4. The van der Waals surface area contributed by atoms with Crippen LogP contribution in [0.2, 0.25) is 0 Å². The van der Waals surface area contributed by atoms with E-state index in [1.165, 1.54) is 34.7 Å². The van der Waals surface area contributed by atoms with Crippen molar-refractivity contribution in [1.29, 1.82) is 0 Å². The highest BCUT2D eigenvalue weighted by Crippen LogP contribution is 2.47. The molecule has 0 spiro atoms. The molecule has 3 nitrogen and oxygen atoms in total. The molecule has 2 aliphatic heterocycles. The molecule has 2 bridgehead atoms. The molecule has 2 heterocycles. The normalized spacial score (nSPS) is 27.9. The van der Waals surface area contributed by atoms with E-state index >= 15 is 0 Å². The van der Waals surface area contributed by atoms with Crippen molar-refractivity contribution in [3.8, 4) is 5.75 Å². The summed E-state index contributed by atoms with van der Waals surface area (Å²) in [5.41, 5.74) is 2.61. The summed E-state index contributed by atoms with van der Waals surface area (Å²) in [5.74, 6) is 1.89. The zero-order valence-electron chi connectivity index (χ0n) is 17.0. The van der Waals surface area contributed by atoms with Gasteiger partial charge in [-0.25, -0.2) is 0 Å². The van der Waals surface area contributed by atoms with Crippen LogP contribution >= 0.6 is 0 Å².